The van der Waals surface area contributed by atoms with Crippen molar-refractivity contribution in [2.75, 3.05) is 51.8 Å². The normalized spacial score (nSPS) is 16.7. The Morgan fingerprint density at radius 2 is 1.89 bits per heavy atom. The highest BCUT2D eigenvalue weighted by atomic mass is 16.5. The van der Waals surface area contributed by atoms with E-state index < -0.39 is 0 Å². The number of benzene rings is 2. The number of aryl methyl sites for hydroxylation is 1. The van der Waals surface area contributed by atoms with E-state index in [2.05, 4.69) is 38.3 Å². The summed E-state index contributed by atoms with van der Waals surface area (Å²) in [5, 5.41) is 10.5. The Bertz CT molecular complexity index is 1210. The average molecular weight is 507 g/mol. The van der Waals surface area contributed by atoms with Crippen molar-refractivity contribution < 1.29 is 19.0 Å². The number of carbonyl (C=O) groups excluding carboxylic acids is 1. The second-order valence-corrected chi connectivity index (χ2v) is 9.55. The number of hydrogen-bond acceptors (Lipinski definition) is 7. The standard InChI is InChI=1S/C27H35N7O3/c1-4-31-13-15-32(16-14-31)24-8-5-7-21-22(24)18-34(27(21)35)23(9-6-12-33-19-28-29-30-33)20-10-11-25(36-2)26(17-20)37-3/h5,7-8,10-11,17,19,23H,4,6,9,12-16,18H2,1-3H3/p+1/t23-/m1/s1. The smallest absolute Gasteiger partial charge is 0.288 e. The number of methoxy groups -OCH3 is 2. The Hall–Kier alpha value is -3.66. The minimum atomic E-state index is -0.110. The maximum absolute atomic E-state index is 13.8. The fourth-order valence-electron chi connectivity index (χ4n) is 5.51. The Balaban J connectivity index is 1.42. The molecule has 1 fully saturated rings. The van der Waals surface area contributed by atoms with Crippen LogP contribution in [0.25, 0.3) is 0 Å². The number of aromatic amines is 1. The second-order valence-electron chi connectivity index (χ2n) is 9.55. The first-order valence-corrected chi connectivity index (χ1v) is 13.0. The lowest BCUT2D eigenvalue weighted by Gasteiger charge is -2.36. The average Bonchev–Trinajstić information content (AvgIpc) is 3.58. The van der Waals surface area contributed by atoms with Gasteiger partial charge in [0.1, 0.15) is 5.10 Å². The van der Waals surface area contributed by atoms with Crippen LogP contribution >= 0.6 is 0 Å². The maximum Gasteiger partial charge on any atom is 0.288 e. The van der Waals surface area contributed by atoms with E-state index in [0.29, 0.717) is 18.0 Å². The number of nitrogens with zero attached hydrogens (tertiary/aromatic N) is 6. The van der Waals surface area contributed by atoms with Crippen molar-refractivity contribution in [3.63, 3.8) is 0 Å². The number of fused-ring (bicyclic) bond motifs is 1. The van der Waals surface area contributed by atoms with Gasteiger partial charge in [-0.2, -0.15) is 4.68 Å². The SMILES string of the molecule is CCN1CCN(c2cccc3c2CN([C@H](CCC[n+]2cnn[nH]2)c2ccc(OC)c(OC)c2)C3=O)CC1. The predicted octanol–water partition coefficient (Wildman–Crippen LogP) is 2.43. The molecule has 1 N–H and O–H groups in total. The molecule has 1 atom stereocenters. The number of likely N-dealkylation sites (N-methyl/N-ethyl adjacent to an activating group) is 1. The molecule has 3 aromatic rings. The molecule has 0 spiro atoms. The zero-order chi connectivity index (χ0) is 25.8. The number of tetrazole rings is 1. The molecule has 3 heterocycles. The molecule has 10 heteroatoms. The summed E-state index contributed by atoms with van der Waals surface area (Å²) in [6.07, 6.45) is 3.30. The van der Waals surface area contributed by atoms with E-state index in [-0.39, 0.29) is 11.9 Å². The minimum absolute atomic E-state index is 0.0830. The van der Waals surface area contributed by atoms with E-state index >= 15 is 0 Å². The second kappa shape index (κ2) is 11.2. The van der Waals surface area contributed by atoms with Gasteiger partial charge in [0.15, 0.2) is 16.7 Å². The number of piperazine rings is 1. The highest BCUT2D eigenvalue weighted by Crippen LogP contribution is 2.40. The van der Waals surface area contributed by atoms with E-state index in [1.54, 1.807) is 20.5 Å². The summed E-state index contributed by atoms with van der Waals surface area (Å²) >= 11 is 0. The highest BCUT2D eigenvalue weighted by Gasteiger charge is 2.36. The fourth-order valence-corrected chi connectivity index (χ4v) is 5.51. The van der Waals surface area contributed by atoms with Crippen LogP contribution in [0.4, 0.5) is 5.69 Å². The van der Waals surface area contributed by atoms with Gasteiger partial charge in [-0.15, -0.1) is 0 Å². The molecule has 0 radical (unpaired) electrons. The number of rotatable bonds is 10. The summed E-state index contributed by atoms with van der Waals surface area (Å²) in [5.41, 5.74) is 4.17. The van der Waals surface area contributed by atoms with Crippen molar-refractivity contribution in [3.8, 4) is 11.5 Å². The van der Waals surface area contributed by atoms with Gasteiger partial charge in [0.25, 0.3) is 12.2 Å². The molecule has 0 saturated carbocycles. The van der Waals surface area contributed by atoms with E-state index in [0.717, 1.165) is 68.8 Å². The summed E-state index contributed by atoms with van der Waals surface area (Å²) in [6, 6.07) is 12.0. The van der Waals surface area contributed by atoms with Gasteiger partial charge in [0, 0.05) is 49.5 Å². The van der Waals surface area contributed by atoms with Crippen LogP contribution < -0.4 is 19.1 Å². The number of amides is 1. The molecule has 1 amide bonds. The molecule has 196 valence electrons. The summed E-state index contributed by atoms with van der Waals surface area (Å²) in [6.45, 7) is 8.67. The van der Waals surface area contributed by atoms with Gasteiger partial charge in [-0.3, -0.25) is 4.79 Å². The third-order valence-corrected chi connectivity index (χ3v) is 7.60. The number of carbonyl (C=O) groups is 1. The first-order chi connectivity index (χ1) is 18.1. The molecule has 5 rings (SSSR count). The van der Waals surface area contributed by atoms with Crippen LogP contribution in [-0.2, 0) is 13.1 Å². The van der Waals surface area contributed by atoms with Gasteiger partial charge in [0.2, 0.25) is 0 Å². The minimum Gasteiger partial charge on any atom is -0.493 e. The molecule has 2 aliphatic heterocycles. The Morgan fingerprint density at radius 3 is 2.59 bits per heavy atom. The molecule has 37 heavy (non-hydrogen) atoms. The molecule has 1 saturated heterocycles. The van der Waals surface area contributed by atoms with Crippen molar-refractivity contribution in [1.29, 1.82) is 0 Å². The molecule has 2 aromatic carbocycles. The largest absolute Gasteiger partial charge is 0.493 e. The Kier molecular flexibility index (Phi) is 7.55. The van der Waals surface area contributed by atoms with Crippen molar-refractivity contribution in [2.24, 2.45) is 0 Å². The summed E-state index contributed by atoms with van der Waals surface area (Å²) in [4.78, 5) is 20.8. The lowest BCUT2D eigenvalue weighted by molar-refractivity contribution is -0.754. The zero-order valence-corrected chi connectivity index (χ0v) is 21.9. The van der Waals surface area contributed by atoms with Crippen LogP contribution in [0.5, 0.6) is 11.5 Å². The quantitative estimate of drug-likeness (QED) is 0.423. The molecule has 1 aromatic heterocycles. The van der Waals surface area contributed by atoms with Gasteiger partial charge in [0.05, 0.1) is 26.8 Å². The third kappa shape index (κ3) is 5.11. The van der Waals surface area contributed by atoms with E-state index in [9.17, 15) is 4.79 Å². The van der Waals surface area contributed by atoms with Crippen LogP contribution in [-0.4, -0.2) is 78.2 Å². The Morgan fingerprint density at radius 1 is 1.08 bits per heavy atom. The number of H-pyrrole nitrogens is 1. The summed E-state index contributed by atoms with van der Waals surface area (Å²) in [5.74, 6) is 1.42. The maximum atomic E-state index is 13.8. The monoisotopic (exact) mass is 506 g/mol. The van der Waals surface area contributed by atoms with E-state index in [1.807, 2.05) is 39.9 Å². The van der Waals surface area contributed by atoms with Crippen LogP contribution in [0, 0.1) is 0 Å². The number of ether oxygens (including phenoxy) is 2. The van der Waals surface area contributed by atoms with Crippen LogP contribution in [0.1, 0.15) is 47.3 Å². The predicted molar refractivity (Wildman–Crippen MR) is 139 cm³/mol. The number of hydrogen-bond donors (Lipinski definition) is 1. The van der Waals surface area contributed by atoms with Crippen LogP contribution in [0.2, 0.25) is 0 Å². The van der Waals surface area contributed by atoms with Gasteiger partial charge in [-0.1, -0.05) is 24.3 Å². The van der Waals surface area contributed by atoms with Crippen molar-refractivity contribution in [3.05, 3.63) is 59.4 Å². The van der Waals surface area contributed by atoms with Gasteiger partial charge < -0.3 is 24.2 Å². The molecular formula is C27H36N7O3+. The number of anilines is 1. The zero-order valence-electron chi connectivity index (χ0n) is 21.9. The topological polar surface area (TPSA) is 90.7 Å². The summed E-state index contributed by atoms with van der Waals surface area (Å²) in [7, 11) is 3.27. The first kappa shape index (κ1) is 25.0. The molecular weight excluding hydrogens is 470 g/mol. The third-order valence-electron chi connectivity index (χ3n) is 7.60. The number of nitrogens with one attached hydrogen (secondary N) is 1. The molecule has 0 bridgehead atoms. The lowest BCUT2D eigenvalue weighted by Crippen LogP contribution is -2.46. The van der Waals surface area contributed by atoms with Gasteiger partial charge in [-0.05, 0) is 49.2 Å². The number of aromatic nitrogens is 4. The van der Waals surface area contributed by atoms with Crippen LogP contribution in [0.15, 0.2) is 42.7 Å². The molecule has 2 aliphatic rings. The van der Waals surface area contributed by atoms with E-state index in [1.165, 1.54) is 5.69 Å². The molecule has 0 unspecified atom stereocenters. The van der Waals surface area contributed by atoms with Crippen LogP contribution in [0.3, 0.4) is 0 Å². The van der Waals surface area contributed by atoms with Crippen molar-refractivity contribution >= 4 is 11.6 Å². The molecule has 0 aliphatic carbocycles. The van der Waals surface area contributed by atoms with Gasteiger partial charge >= 0.3 is 0 Å². The lowest BCUT2D eigenvalue weighted by atomic mass is 9.99. The van der Waals surface area contributed by atoms with Crippen molar-refractivity contribution in [2.45, 2.75) is 38.9 Å². The Labute approximate surface area is 217 Å². The highest BCUT2D eigenvalue weighted by molar-refractivity contribution is 6.00. The van der Waals surface area contributed by atoms with Crippen molar-refractivity contribution in [1.82, 2.24) is 25.3 Å². The fraction of sp³-hybridized carbons (Fsp3) is 0.481. The van der Waals surface area contributed by atoms with Gasteiger partial charge in [-0.25, -0.2) is 0 Å². The molecule has 10 nitrogen and oxygen atoms in total. The van der Waals surface area contributed by atoms with E-state index in [4.69, 9.17) is 9.47 Å². The summed E-state index contributed by atoms with van der Waals surface area (Å²) < 4.78 is 12.9. The first-order valence-electron chi connectivity index (χ1n) is 13.0.